The van der Waals surface area contributed by atoms with Gasteiger partial charge in [0.05, 0.1) is 0 Å². The third-order valence-corrected chi connectivity index (χ3v) is 3.66. The van der Waals surface area contributed by atoms with Crippen LogP contribution < -0.4 is 0 Å². The molecule has 1 aromatic heterocycles. The van der Waals surface area contributed by atoms with Crippen LogP contribution in [0.5, 0.6) is 0 Å². The van der Waals surface area contributed by atoms with Gasteiger partial charge < -0.3 is 0 Å². The van der Waals surface area contributed by atoms with Crippen molar-refractivity contribution in [2.45, 2.75) is 46.5 Å². The van der Waals surface area contributed by atoms with E-state index in [0.29, 0.717) is 5.92 Å². The Labute approximate surface area is 120 Å². The first-order valence-corrected chi connectivity index (χ1v) is 7.16. The highest BCUT2D eigenvalue weighted by atomic mass is 19.1. The lowest BCUT2D eigenvalue weighted by Crippen LogP contribution is -1.97. The van der Waals surface area contributed by atoms with E-state index in [1.165, 1.54) is 0 Å². The number of benzene rings is 1. The molecule has 0 unspecified atom stereocenters. The molecule has 0 aliphatic carbocycles. The molecule has 0 radical (unpaired) electrons. The van der Waals surface area contributed by atoms with Gasteiger partial charge in [0.25, 0.3) is 0 Å². The van der Waals surface area contributed by atoms with Gasteiger partial charge in [0.2, 0.25) is 0 Å². The lowest BCUT2D eigenvalue weighted by molar-refractivity contribution is 0.599. The summed E-state index contributed by atoms with van der Waals surface area (Å²) in [5.74, 6) is 0.472. The normalized spacial score (nSPS) is 11.4. The van der Waals surface area contributed by atoms with Crippen molar-refractivity contribution in [1.29, 1.82) is 0 Å². The molecule has 106 valence electrons. The minimum atomic E-state index is -0.134. The Morgan fingerprint density at radius 1 is 1.00 bits per heavy atom. The van der Waals surface area contributed by atoms with E-state index >= 15 is 0 Å². The first-order valence-electron chi connectivity index (χ1n) is 7.16. The fourth-order valence-corrected chi connectivity index (χ4v) is 2.36. The molecule has 0 aliphatic rings. The molecule has 2 heteroatoms. The Bertz CT molecular complexity index is 615. The van der Waals surface area contributed by atoms with Gasteiger partial charge >= 0.3 is 0 Å². The Morgan fingerprint density at radius 2 is 1.70 bits per heavy atom. The van der Waals surface area contributed by atoms with Gasteiger partial charge in [0, 0.05) is 17.5 Å². The van der Waals surface area contributed by atoms with Gasteiger partial charge in [-0.05, 0) is 47.6 Å². The van der Waals surface area contributed by atoms with Gasteiger partial charge in [-0.15, -0.1) is 0 Å². The smallest absolute Gasteiger partial charge is 0.127 e. The van der Waals surface area contributed by atoms with E-state index in [-0.39, 0.29) is 11.7 Å². The maximum absolute atomic E-state index is 14.1. The van der Waals surface area contributed by atoms with Crippen LogP contribution >= 0.6 is 0 Å². The molecule has 0 amide bonds. The molecule has 0 atom stereocenters. The number of halogens is 1. The van der Waals surface area contributed by atoms with Crippen molar-refractivity contribution in [2.75, 3.05) is 0 Å². The fraction of sp³-hybridized carbons (Fsp3) is 0.389. The zero-order valence-corrected chi connectivity index (χ0v) is 12.9. The standard InChI is InChI=1S/C18H22FN/c1-11(2)15-7-6-14(9-17(15)19)16-10-20-18(12(3)4)8-13(16)5/h6-12H,1-5H3. The predicted molar refractivity (Wildman–Crippen MR) is 82.5 cm³/mol. The monoisotopic (exact) mass is 271 g/mol. The Balaban J connectivity index is 2.44. The van der Waals surface area contributed by atoms with Crippen molar-refractivity contribution < 1.29 is 4.39 Å². The second-order valence-electron chi connectivity index (χ2n) is 5.97. The van der Waals surface area contributed by atoms with Crippen LogP contribution in [0.4, 0.5) is 4.39 Å². The summed E-state index contributed by atoms with van der Waals surface area (Å²) >= 11 is 0. The molecule has 2 aromatic rings. The lowest BCUT2D eigenvalue weighted by atomic mass is 9.96. The van der Waals surface area contributed by atoms with E-state index in [0.717, 1.165) is 27.9 Å². The number of aryl methyl sites for hydroxylation is 1. The zero-order valence-electron chi connectivity index (χ0n) is 12.9. The van der Waals surface area contributed by atoms with Crippen molar-refractivity contribution in [3.05, 3.63) is 53.1 Å². The van der Waals surface area contributed by atoms with Crippen LogP contribution in [0.15, 0.2) is 30.5 Å². The average molecular weight is 271 g/mol. The van der Waals surface area contributed by atoms with Crippen molar-refractivity contribution in [3.63, 3.8) is 0 Å². The minimum absolute atomic E-state index is 0.134. The number of nitrogens with zero attached hydrogens (tertiary/aromatic N) is 1. The molecular formula is C18H22FN. The third kappa shape index (κ3) is 2.90. The summed E-state index contributed by atoms with van der Waals surface area (Å²) in [7, 11) is 0. The molecular weight excluding hydrogens is 249 g/mol. The Morgan fingerprint density at radius 3 is 2.20 bits per heavy atom. The van der Waals surface area contributed by atoms with Crippen molar-refractivity contribution in [2.24, 2.45) is 0 Å². The Kier molecular flexibility index (Phi) is 4.22. The van der Waals surface area contributed by atoms with Gasteiger partial charge in [-0.3, -0.25) is 4.98 Å². The third-order valence-electron chi connectivity index (χ3n) is 3.66. The average Bonchev–Trinajstić information content (AvgIpc) is 2.37. The SMILES string of the molecule is Cc1cc(C(C)C)ncc1-c1ccc(C(C)C)c(F)c1. The molecule has 1 heterocycles. The van der Waals surface area contributed by atoms with Crippen molar-refractivity contribution >= 4 is 0 Å². The van der Waals surface area contributed by atoms with Gasteiger partial charge in [-0.2, -0.15) is 0 Å². The van der Waals surface area contributed by atoms with Crippen LogP contribution in [-0.2, 0) is 0 Å². The van der Waals surface area contributed by atoms with Gasteiger partial charge in [0.1, 0.15) is 5.82 Å². The molecule has 0 saturated heterocycles. The molecule has 20 heavy (non-hydrogen) atoms. The number of hydrogen-bond acceptors (Lipinski definition) is 1. The summed E-state index contributed by atoms with van der Waals surface area (Å²) < 4.78 is 14.1. The summed E-state index contributed by atoms with van der Waals surface area (Å²) in [5, 5.41) is 0. The number of aromatic nitrogens is 1. The summed E-state index contributed by atoms with van der Waals surface area (Å²) in [6.45, 7) is 10.3. The van der Waals surface area contributed by atoms with E-state index in [4.69, 9.17) is 0 Å². The minimum Gasteiger partial charge on any atom is -0.260 e. The molecule has 0 N–H and O–H groups in total. The number of pyridine rings is 1. The first kappa shape index (κ1) is 14.7. The number of hydrogen-bond donors (Lipinski definition) is 0. The molecule has 0 aliphatic heterocycles. The number of rotatable bonds is 3. The summed E-state index contributed by atoms with van der Waals surface area (Å²) in [5.41, 5.74) is 4.87. The van der Waals surface area contributed by atoms with Crippen LogP contribution in [0.2, 0.25) is 0 Å². The van der Waals surface area contributed by atoms with Crippen LogP contribution in [0.3, 0.4) is 0 Å². The van der Waals surface area contributed by atoms with Crippen LogP contribution in [0.1, 0.15) is 56.4 Å². The largest absolute Gasteiger partial charge is 0.260 e. The molecule has 2 rings (SSSR count). The fourth-order valence-electron chi connectivity index (χ4n) is 2.36. The van der Waals surface area contributed by atoms with E-state index in [9.17, 15) is 4.39 Å². The summed E-state index contributed by atoms with van der Waals surface area (Å²) in [6.07, 6.45) is 1.86. The highest BCUT2D eigenvalue weighted by Crippen LogP contribution is 2.28. The highest BCUT2D eigenvalue weighted by molar-refractivity contribution is 5.67. The van der Waals surface area contributed by atoms with Crippen LogP contribution in [0, 0.1) is 12.7 Å². The predicted octanol–water partition coefficient (Wildman–Crippen LogP) is 5.44. The summed E-state index contributed by atoms with van der Waals surface area (Å²) in [6, 6.07) is 7.57. The lowest BCUT2D eigenvalue weighted by Gasteiger charge is -2.12. The maximum Gasteiger partial charge on any atom is 0.127 e. The Hall–Kier alpha value is -1.70. The quantitative estimate of drug-likeness (QED) is 0.724. The van der Waals surface area contributed by atoms with Crippen molar-refractivity contribution in [3.8, 4) is 11.1 Å². The maximum atomic E-state index is 14.1. The van der Waals surface area contributed by atoms with E-state index in [1.54, 1.807) is 6.07 Å². The molecule has 0 saturated carbocycles. The van der Waals surface area contributed by atoms with Crippen LogP contribution in [0.25, 0.3) is 11.1 Å². The summed E-state index contributed by atoms with van der Waals surface area (Å²) in [4.78, 5) is 4.48. The van der Waals surface area contributed by atoms with E-state index < -0.39 is 0 Å². The van der Waals surface area contributed by atoms with Gasteiger partial charge in [0.15, 0.2) is 0 Å². The highest BCUT2D eigenvalue weighted by Gasteiger charge is 2.11. The van der Waals surface area contributed by atoms with Crippen molar-refractivity contribution in [1.82, 2.24) is 4.98 Å². The molecule has 0 fully saturated rings. The molecule has 0 spiro atoms. The van der Waals surface area contributed by atoms with Gasteiger partial charge in [-0.25, -0.2) is 4.39 Å². The van der Waals surface area contributed by atoms with Gasteiger partial charge in [-0.1, -0.05) is 39.8 Å². The molecule has 1 aromatic carbocycles. The second-order valence-corrected chi connectivity index (χ2v) is 5.97. The van der Waals surface area contributed by atoms with E-state index in [2.05, 4.69) is 31.8 Å². The topological polar surface area (TPSA) is 12.9 Å². The zero-order chi connectivity index (χ0) is 14.9. The second kappa shape index (κ2) is 5.74. The van der Waals surface area contributed by atoms with E-state index in [1.807, 2.05) is 32.2 Å². The van der Waals surface area contributed by atoms with Crippen LogP contribution in [-0.4, -0.2) is 4.98 Å². The molecule has 0 bridgehead atoms. The molecule has 1 nitrogen and oxygen atoms in total. The first-order chi connectivity index (χ1) is 9.40.